The monoisotopic (exact) mass is 250 g/mol. The number of halogens is 1. The fourth-order valence-corrected chi connectivity index (χ4v) is 11.9. The van der Waals surface area contributed by atoms with Crippen LogP contribution in [0.15, 0.2) is 0 Å². The van der Waals surface area contributed by atoms with Gasteiger partial charge in [-0.2, -0.15) is 0 Å². The van der Waals surface area contributed by atoms with Gasteiger partial charge in [-0.25, -0.2) is 0 Å². The fourth-order valence-electron chi connectivity index (χ4n) is 2.17. The third kappa shape index (κ3) is 2.20. The molecule has 0 nitrogen and oxygen atoms in total. The van der Waals surface area contributed by atoms with Crippen LogP contribution in [0.1, 0.15) is 40.5 Å². The Morgan fingerprint density at radius 2 is 1.92 bits per heavy atom. The molecule has 0 aliphatic carbocycles. The van der Waals surface area contributed by atoms with Gasteiger partial charge in [0.1, 0.15) is 0 Å². The van der Waals surface area contributed by atoms with Crippen LogP contribution in [-0.4, -0.2) is 12.3 Å². The second-order valence-corrected chi connectivity index (χ2v) is 18.3. The Labute approximate surface area is 83.6 Å². The zero-order valence-corrected chi connectivity index (χ0v) is 11.6. The summed E-state index contributed by atoms with van der Waals surface area (Å²) in [6, 6.07) is 0. The van der Waals surface area contributed by atoms with Gasteiger partial charge in [-0.05, 0) is 0 Å². The molecule has 0 amide bonds. The minimum atomic E-state index is -1.95. The van der Waals surface area contributed by atoms with Gasteiger partial charge in [-0.3, -0.25) is 0 Å². The minimum absolute atomic E-state index is 0.441. The standard InChI is InChI=1S/C10H21ClGe/c1-9-6-5-7-12(11,8-9)10(2,3)4/h9H,5-8H2,1-4H3. The molecule has 0 radical (unpaired) electrons. The van der Waals surface area contributed by atoms with Crippen molar-refractivity contribution in [2.45, 2.75) is 55.3 Å². The normalized spacial score (nSPS) is 38.2. The summed E-state index contributed by atoms with van der Waals surface area (Å²) in [5, 5.41) is 2.76. The van der Waals surface area contributed by atoms with Gasteiger partial charge in [0, 0.05) is 0 Å². The van der Waals surface area contributed by atoms with Crippen molar-refractivity contribution in [2.24, 2.45) is 5.92 Å². The molecule has 0 aromatic rings. The van der Waals surface area contributed by atoms with Crippen LogP contribution >= 0.6 is 10.0 Å². The van der Waals surface area contributed by atoms with E-state index in [0.29, 0.717) is 4.25 Å². The van der Waals surface area contributed by atoms with Crippen molar-refractivity contribution < 1.29 is 0 Å². The first kappa shape index (κ1) is 10.9. The maximum atomic E-state index is 6.83. The van der Waals surface area contributed by atoms with E-state index >= 15 is 0 Å². The first-order valence-electron chi connectivity index (χ1n) is 5.04. The maximum absolute atomic E-state index is 6.83. The van der Waals surface area contributed by atoms with E-state index < -0.39 is 12.3 Å². The van der Waals surface area contributed by atoms with Gasteiger partial charge in [0.25, 0.3) is 0 Å². The summed E-state index contributed by atoms with van der Waals surface area (Å²) in [5.41, 5.74) is 0. The Morgan fingerprint density at radius 3 is 2.25 bits per heavy atom. The Balaban J connectivity index is 2.70. The van der Waals surface area contributed by atoms with Gasteiger partial charge in [0.15, 0.2) is 0 Å². The predicted molar refractivity (Wildman–Crippen MR) is 59.3 cm³/mol. The molecule has 0 bridgehead atoms. The second kappa shape index (κ2) is 3.53. The van der Waals surface area contributed by atoms with Crippen molar-refractivity contribution >= 4 is 22.3 Å². The Kier molecular flexibility index (Phi) is 3.21. The predicted octanol–water partition coefficient (Wildman–Crippen LogP) is 4.40. The molecular weight excluding hydrogens is 228 g/mol. The summed E-state index contributed by atoms with van der Waals surface area (Å²) in [5.74, 6) is 0.899. The summed E-state index contributed by atoms with van der Waals surface area (Å²) >= 11 is -1.95. The molecule has 72 valence electrons. The first-order chi connectivity index (χ1) is 5.35. The Bertz CT molecular complexity index is 162. The molecule has 2 unspecified atom stereocenters. The van der Waals surface area contributed by atoms with Crippen LogP contribution in [0.3, 0.4) is 0 Å². The molecule has 1 rings (SSSR count). The Morgan fingerprint density at radius 1 is 1.33 bits per heavy atom. The zero-order chi connectivity index (χ0) is 9.41. The van der Waals surface area contributed by atoms with Crippen LogP contribution in [0.2, 0.25) is 14.8 Å². The second-order valence-electron chi connectivity index (χ2n) is 5.42. The van der Waals surface area contributed by atoms with Crippen molar-refractivity contribution in [3.8, 4) is 0 Å². The molecule has 0 aromatic carbocycles. The molecule has 0 N–H and O–H groups in total. The van der Waals surface area contributed by atoms with Crippen LogP contribution < -0.4 is 0 Å². The molecule has 0 saturated carbocycles. The van der Waals surface area contributed by atoms with Crippen LogP contribution in [0.25, 0.3) is 0 Å². The summed E-state index contributed by atoms with van der Waals surface area (Å²) in [7, 11) is 6.83. The van der Waals surface area contributed by atoms with Crippen LogP contribution in [-0.2, 0) is 0 Å². The van der Waals surface area contributed by atoms with Gasteiger partial charge < -0.3 is 0 Å². The molecule has 0 spiro atoms. The van der Waals surface area contributed by atoms with E-state index in [9.17, 15) is 0 Å². The van der Waals surface area contributed by atoms with Crippen molar-refractivity contribution in [1.82, 2.24) is 0 Å². The van der Waals surface area contributed by atoms with Crippen molar-refractivity contribution in [1.29, 1.82) is 0 Å². The molecule has 2 atom stereocenters. The van der Waals surface area contributed by atoms with Gasteiger partial charge in [0.2, 0.25) is 0 Å². The molecule has 1 heterocycles. The quantitative estimate of drug-likeness (QED) is 0.558. The van der Waals surface area contributed by atoms with Crippen molar-refractivity contribution in [3.63, 3.8) is 0 Å². The van der Waals surface area contributed by atoms with E-state index in [1.165, 1.54) is 23.3 Å². The third-order valence-electron chi connectivity index (χ3n) is 3.29. The van der Waals surface area contributed by atoms with E-state index in [2.05, 4.69) is 27.7 Å². The summed E-state index contributed by atoms with van der Waals surface area (Å²) < 4.78 is 0.441. The van der Waals surface area contributed by atoms with Crippen LogP contribution in [0, 0.1) is 5.92 Å². The SMILES string of the molecule is CC1CC[CH2][Ge]([Cl])([C](C)(C)C)[CH2]1. The zero-order valence-electron chi connectivity index (χ0n) is 8.78. The molecule has 1 saturated heterocycles. The summed E-state index contributed by atoms with van der Waals surface area (Å²) in [4.78, 5) is 0. The average Bonchev–Trinajstić information content (AvgIpc) is 1.83. The first-order valence-corrected chi connectivity index (χ1v) is 11.8. The van der Waals surface area contributed by atoms with Gasteiger partial charge >= 0.3 is 83.6 Å². The third-order valence-corrected chi connectivity index (χ3v) is 18.9. The number of rotatable bonds is 0. The molecule has 1 aliphatic rings. The van der Waals surface area contributed by atoms with E-state index in [4.69, 9.17) is 10.0 Å². The summed E-state index contributed by atoms with van der Waals surface area (Å²) in [6.45, 7) is 9.40. The van der Waals surface area contributed by atoms with E-state index in [1.807, 2.05) is 0 Å². The number of hydrogen-bond donors (Lipinski definition) is 0. The summed E-state index contributed by atoms with van der Waals surface area (Å²) in [6.07, 6.45) is 2.80. The van der Waals surface area contributed by atoms with E-state index in [1.54, 1.807) is 0 Å². The average molecular weight is 249 g/mol. The topological polar surface area (TPSA) is 0 Å². The van der Waals surface area contributed by atoms with Crippen LogP contribution in [0.4, 0.5) is 0 Å². The molecule has 1 fully saturated rings. The van der Waals surface area contributed by atoms with Crippen LogP contribution in [0.5, 0.6) is 0 Å². The van der Waals surface area contributed by atoms with E-state index in [-0.39, 0.29) is 0 Å². The molecule has 1 aliphatic heterocycles. The molecule has 12 heavy (non-hydrogen) atoms. The fraction of sp³-hybridized carbons (Fsp3) is 1.00. The van der Waals surface area contributed by atoms with Crippen molar-refractivity contribution in [3.05, 3.63) is 0 Å². The van der Waals surface area contributed by atoms with Crippen molar-refractivity contribution in [2.75, 3.05) is 0 Å². The van der Waals surface area contributed by atoms with Gasteiger partial charge in [-0.15, -0.1) is 0 Å². The molecular formula is C10H21ClGe. The Hall–Kier alpha value is 0.833. The van der Waals surface area contributed by atoms with Gasteiger partial charge in [-0.1, -0.05) is 0 Å². The van der Waals surface area contributed by atoms with Gasteiger partial charge in [0.05, 0.1) is 0 Å². The molecule has 0 aromatic heterocycles. The van der Waals surface area contributed by atoms with E-state index in [0.717, 1.165) is 5.92 Å². The number of hydrogen-bond acceptors (Lipinski definition) is 0. The molecule has 2 heteroatoms.